The minimum absolute atomic E-state index is 0.880. The van der Waals surface area contributed by atoms with Crippen LogP contribution in [0.2, 0.25) is 0 Å². The van der Waals surface area contributed by atoms with E-state index in [-0.39, 0.29) is 0 Å². The second-order valence-electron chi connectivity index (χ2n) is 2.22. The smallest absolute Gasteiger partial charge is 0.136 e. The molecule has 0 saturated heterocycles. The molecule has 2 heteroatoms. The third-order valence-electron chi connectivity index (χ3n) is 1.45. The Labute approximate surface area is 60.9 Å². The second-order valence-corrected chi connectivity index (χ2v) is 2.22. The molecule has 0 aromatic rings. The van der Waals surface area contributed by atoms with Crippen LogP contribution < -0.4 is 0 Å². The molecule has 0 aromatic carbocycles. The van der Waals surface area contributed by atoms with Crippen molar-refractivity contribution in [2.45, 2.75) is 13.3 Å². The summed E-state index contributed by atoms with van der Waals surface area (Å²) in [6, 6.07) is 0. The van der Waals surface area contributed by atoms with Crippen molar-refractivity contribution in [2.24, 2.45) is 4.99 Å². The third-order valence-corrected chi connectivity index (χ3v) is 1.45. The zero-order valence-corrected chi connectivity index (χ0v) is 6.29. The Balaban J connectivity index is 2.82. The molecule has 0 fully saturated rings. The largest absolute Gasteiger partial charge is 0.495 e. The summed E-state index contributed by atoms with van der Waals surface area (Å²) in [5, 5.41) is 0. The van der Waals surface area contributed by atoms with Gasteiger partial charge in [-0.05, 0) is 18.9 Å². The number of ether oxygens (including phenoxy) is 1. The highest BCUT2D eigenvalue weighted by Crippen LogP contribution is 2.10. The lowest BCUT2D eigenvalue weighted by Crippen LogP contribution is -1.90. The van der Waals surface area contributed by atoms with Gasteiger partial charge in [-0.1, -0.05) is 6.08 Å². The first kappa shape index (κ1) is 7.06. The van der Waals surface area contributed by atoms with Crippen LogP contribution in [0.4, 0.5) is 0 Å². The van der Waals surface area contributed by atoms with Crippen LogP contribution in [0.15, 0.2) is 28.6 Å². The van der Waals surface area contributed by atoms with Gasteiger partial charge in [0.15, 0.2) is 0 Å². The molecule has 0 saturated carbocycles. The van der Waals surface area contributed by atoms with E-state index in [2.05, 4.69) is 4.99 Å². The second kappa shape index (κ2) is 3.20. The minimum Gasteiger partial charge on any atom is -0.495 e. The fourth-order valence-corrected chi connectivity index (χ4v) is 0.839. The lowest BCUT2D eigenvalue weighted by atomic mass is 10.2. The average Bonchev–Trinajstić information content (AvgIpc) is 2.13. The number of nitrogens with zero attached hydrogens (tertiary/aromatic N) is 1. The van der Waals surface area contributed by atoms with Crippen LogP contribution in [0.5, 0.6) is 0 Å². The average molecular weight is 137 g/mol. The molecule has 54 valence electrons. The standard InChI is InChI=1S/C8H11NO/c1-7-4-3-5-9-6-8(7)10-2/h3,5-6H,4H2,1-2H3. The van der Waals surface area contributed by atoms with Crippen LogP contribution >= 0.6 is 0 Å². The molecule has 0 spiro atoms. The normalized spacial score (nSPS) is 17.4. The summed E-state index contributed by atoms with van der Waals surface area (Å²) in [7, 11) is 1.66. The van der Waals surface area contributed by atoms with Gasteiger partial charge in [0.1, 0.15) is 5.76 Å². The molecule has 0 N–H and O–H groups in total. The maximum absolute atomic E-state index is 5.07. The van der Waals surface area contributed by atoms with E-state index < -0.39 is 0 Å². The van der Waals surface area contributed by atoms with Crippen molar-refractivity contribution in [1.29, 1.82) is 0 Å². The predicted molar refractivity (Wildman–Crippen MR) is 42.0 cm³/mol. The molecule has 0 aromatic heterocycles. The molecule has 0 unspecified atom stereocenters. The fourth-order valence-electron chi connectivity index (χ4n) is 0.839. The lowest BCUT2D eigenvalue weighted by Gasteiger charge is -2.01. The summed E-state index contributed by atoms with van der Waals surface area (Å²) in [6.45, 7) is 2.04. The highest BCUT2D eigenvalue weighted by Gasteiger charge is 1.98. The fraction of sp³-hybridized carbons (Fsp3) is 0.375. The van der Waals surface area contributed by atoms with Crippen LogP contribution in [0, 0.1) is 0 Å². The topological polar surface area (TPSA) is 21.6 Å². The Morgan fingerprint density at radius 3 is 3.10 bits per heavy atom. The Morgan fingerprint density at radius 2 is 2.40 bits per heavy atom. The van der Waals surface area contributed by atoms with Gasteiger partial charge in [-0.3, -0.25) is 4.99 Å². The van der Waals surface area contributed by atoms with Crippen molar-refractivity contribution in [3.8, 4) is 0 Å². The first-order chi connectivity index (χ1) is 4.84. The monoisotopic (exact) mass is 137 g/mol. The summed E-state index contributed by atoms with van der Waals surface area (Å²) in [4.78, 5) is 3.99. The summed E-state index contributed by atoms with van der Waals surface area (Å²) >= 11 is 0. The molecule has 10 heavy (non-hydrogen) atoms. The zero-order valence-electron chi connectivity index (χ0n) is 6.29. The highest BCUT2D eigenvalue weighted by atomic mass is 16.5. The van der Waals surface area contributed by atoms with E-state index in [1.165, 1.54) is 5.57 Å². The van der Waals surface area contributed by atoms with Gasteiger partial charge in [-0.15, -0.1) is 0 Å². The van der Waals surface area contributed by atoms with Crippen molar-refractivity contribution in [3.05, 3.63) is 23.6 Å². The number of allylic oxidation sites excluding steroid dienone is 3. The van der Waals surface area contributed by atoms with Gasteiger partial charge in [0.2, 0.25) is 0 Å². The van der Waals surface area contributed by atoms with Crippen molar-refractivity contribution in [3.63, 3.8) is 0 Å². The van der Waals surface area contributed by atoms with Gasteiger partial charge in [0.25, 0.3) is 0 Å². The lowest BCUT2D eigenvalue weighted by molar-refractivity contribution is 0.312. The van der Waals surface area contributed by atoms with Crippen LogP contribution in [-0.2, 0) is 4.74 Å². The summed E-state index contributed by atoms with van der Waals surface area (Å²) in [5.41, 5.74) is 1.22. The van der Waals surface area contributed by atoms with Gasteiger partial charge < -0.3 is 4.74 Å². The van der Waals surface area contributed by atoms with Crippen molar-refractivity contribution in [1.82, 2.24) is 0 Å². The van der Waals surface area contributed by atoms with Gasteiger partial charge in [0.05, 0.1) is 13.3 Å². The van der Waals surface area contributed by atoms with Crippen molar-refractivity contribution < 1.29 is 4.74 Å². The Morgan fingerprint density at radius 1 is 1.60 bits per heavy atom. The maximum Gasteiger partial charge on any atom is 0.136 e. The minimum atomic E-state index is 0.880. The van der Waals surface area contributed by atoms with Crippen molar-refractivity contribution >= 4 is 6.21 Å². The molecule has 0 bridgehead atoms. The van der Waals surface area contributed by atoms with Crippen LogP contribution in [0.3, 0.4) is 0 Å². The van der Waals surface area contributed by atoms with E-state index in [9.17, 15) is 0 Å². The third kappa shape index (κ3) is 1.47. The molecule has 0 atom stereocenters. The number of aliphatic imine (C=N–C) groups is 1. The highest BCUT2D eigenvalue weighted by molar-refractivity contribution is 5.77. The van der Waals surface area contributed by atoms with Gasteiger partial charge in [0, 0.05) is 6.20 Å². The van der Waals surface area contributed by atoms with E-state index in [0.717, 1.165) is 12.2 Å². The molecule has 1 aliphatic heterocycles. The SMILES string of the molecule is COC1=C(C)CC=CN=C1. The summed E-state index contributed by atoms with van der Waals surface area (Å²) in [6.07, 6.45) is 6.47. The maximum atomic E-state index is 5.07. The Bertz CT molecular complexity index is 201. The van der Waals surface area contributed by atoms with Crippen LogP contribution in [0.1, 0.15) is 13.3 Å². The first-order valence-electron chi connectivity index (χ1n) is 3.26. The molecule has 0 aliphatic carbocycles. The predicted octanol–water partition coefficient (Wildman–Crippen LogP) is 1.90. The summed E-state index contributed by atoms with van der Waals surface area (Å²) < 4.78 is 5.07. The molecular formula is C8H11NO. The van der Waals surface area contributed by atoms with Gasteiger partial charge in [-0.25, -0.2) is 0 Å². The molecule has 2 nitrogen and oxygen atoms in total. The Hall–Kier alpha value is -1.05. The number of hydrogen-bond acceptors (Lipinski definition) is 2. The van der Waals surface area contributed by atoms with Gasteiger partial charge in [-0.2, -0.15) is 0 Å². The Kier molecular flexibility index (Phi) is 2.26. The number of methoxy groups -OCH3 is 1. The molecule has 1 aliphatic rings. The number of hydrogen-bond donors (Lipinski definition) is 0. The quantitative estimate of drug-likeness (QED) is 0.541. The molecular weight excluding hydrogens is 126 g/mol. The van der Waals surface area contributed by atoms with E-state index in [4.69, 9.17) is 4.74 Å². The van der Waals surface area contributed by atoms with E-state index in [0.29, 0.717) is 0 Å². The zero-order chi connectivity index (χ0) is 7.40. The molecule has 1 heterocycles. The van der Waals surface area contributed by atoms with Crippen LogP contribution in [-0.4, -0.2) is 13.3 Å². The summed E-state index contributed by atoms with van der Waals surface area (Å²) in [5.74, 6) is 0.880. The van der Waals surface area contributed by atoms with Crippen LogP contribution in [0.25, 0.3) is 0 Å². The van der Waals surface area contributed by atoms with Crippen molar-refractivity contribution in [2.75, 3.05) is 7.11 Å². The molecule has 0 radical (unpaired) electrons. The van der Waals surface area contributed by atoms with E-state index >= 15 is 0 Å². The molecule has 1 rings (SSSR count). The first-order valence-corrected chi connectivity index (χ1v) is 3.26. The van der Waals surface area contributed by atoms with Gasteiger partial charge >= 0.3 is 0 Å². The molecule has 0 amide bonds. The number of rotatable bonds is 1. The van der Waals surface area contributed by atoms with E-state index in [1.54, 1.807) is 19.5 Å². The van der Waals surface area contributed by atoms with E-state index in [1.807, 2.05) is 13.0 Å².